The molecule has 3 N–H and O–H groups in total. The van der Waals surface area contributed by atoms with Crippen LogP contribution in [0.1, 0.15) is 5.56 Å². The Morgan fingerprint density at radius 2 is 2.27 bits per heavy atom. The van der Waals surface area contributed by atoms with E-state index in [2.05, 4.69) is 10.4 Å². The van der Waals surface area contributed by atoms with Gasteiger partial charge in [0.2, 0.25) is 0 Å². The first-order valence-electron chi connectivity index (χ1n) is 4.22. The van der Waals surface area contributed by atoms with Crippen molar-refractivity contribution in [3.05, 3.63) is 35.8 Å². The van der Waals surface area contributed by atoms with E-state index in [1.165, 1.54) is 12.3 Å². The van der Waals surface area contributed by atoms with Crippen LogP contribution in [0.15, 0.2) is 24.4 Å². The molecule has 2 rings (SSSR count). The van der Waals surface area contributed by atoms with Crippen LogP contribution in [-0.4, -0.2) is 4.98 Å². The van der Waals surface area contributed by atoms with Crippen molar-refractivity contribution in [2.24, 2.45) is 5.84 Å². The van der Waals surface area contributed by atoms with Crippen molar-refractivity contribution >= 4 is 16.6 Å². The molecular formula is C10H7FN4. The fourth-order valence-electron chi connectivity index (χ4n) is 1.43. The third kappa shape index (κ3) is 1.37. The van der Waals surface area contributed by atoms with Crippen LogP contribution in [0.4, 0.5) is 10.1 Å². The number of rotatable bonds is 1. The average molecular weight is 202 g/mol. The maximum absolute atomic E-state index is 13.3. The number of benzene rings is 1. The molecule has 0 atom stereocenters. The summed E-state index contributed by atoms with van der Waals surface area (Å²) in [6.07, 6.45) is 1.29. The van der Waals surface area contributed by atoms with Crippen LogP contribution in [0.3, 0.4) is 0 Å². The molecule has 1 aromatic heterocycles. The number of nitrogen functional groups attached to an aromatic ring is 1. The van der Waals surface area contributed by atoms with Crippen LogP contribution in [-0.2, 0) is 0 Å². The normalized spacial score (nSPS) is 9.93. The third-order valence-corrected chi connectivity index (χ3v) is 2.11. The molecule has 74 valence electrons. The molecule has 0 amide bonds. The molecule has 4 nitrogen and oxygen atoms in total. The molecule has 0 spiro atoms. The molecule has 0 bridgehead atoms. The highest BCUT2D eigenvalue weighted by atomic mass is 19.1. The summed E-state index contributed by atoms with van der Waals surface area (Å²) < 4.78 is 13.3. The lowest BCUT2D eigenvalue weighted by atomic mass is 10.1. The zero-order chi connectivity index (χ0) is 10.8. The summed E-state index contributed by atoms with van der Waals surface area (Å²) in [5, 5.41) is 9.30. The van der Waals surface area contributed by atoms with Crippen molar-refractivity contribution in [3.63, 3.8) is 0 Å². The summed E-state index contributed by atoms with van der Waals surface area (Å²) in [6, 6.07) is 6.44. The minimum atomic E-state index is -0.437. The van der Waals surface area contributed by atoms with Gasteiger partial charge in [-0.2, -0.15) is 5.26 Å². The van der Waals surface area contributed by atoms with E-state index >= 15 is 0 Å². The van der Waals surface area contributed by atoms with Gasteiger partial charge in [-0.15, -0.1) is 0 Å². The SMILES string of the molecule is N#Cc1cnc2c(F)cccc2c1NN. The van der Waals surface area contributed by atoms with Crippen molar-refractivity contribution in [1.29, 1.82) is 5.26 Å². The lowest BCUT2D eigenvalue weighted by Crippen LogP contribution is -2.09. The Balaban J connectivity index is 2.90. The highest BCUT2D eigenvalue weighted by molar-refractivity contribution is 5.93. The number of aromatic nitrogens is 1. The molecule has 1 heterocycles. The molecule has 0 saturated carbocycles. The van der Waals surface area contributed by atoms with Crippen LogP contribution < -0.4 is 11.3 Å². The van der Waals surface area contributed by atoms with Gasteiger partial charge in [0.05, 0.1) is 11.3 Å². The summed E-state index contributed by atoms with van der Waals surface area (Å²) in [6.45, 7) is 0. The fourth-order valence-corrected chi connectivity index (χ4v) is 1.43. The highest BCUT2D eigenvalue weighted by Crippen LogP contribution is 2.25. The van der Waals surface area contributed by atoms with Gasteiger partial charge in [0.15, 0.2) is 0 Å². The van der Waals surface area contributed by atoms with Crippen molar-refractivity contribution in [1.82, 2.24) is 4.98 Å². The van der Waals surface area contributed by atoms with E-state index in [1.54, 1.807) is 12.1 Å². The Hall–Kier alpha value is -2.19. The van der Waals surface area contributed by atoms with E-state index in [4.69, 9.17) is 11.1 Å². The Morgan fingerprint density at radius 1 is 1.47 bits per heavy atom. The van der Waals surface area contributed by atoms with Crippen molar-refractivity contribution in [3.8, 4) is 6.07 Å². The number of hydrogen-bond acceptors (Lipinski definition) is 4. The molecule has 0 aliphatic carbocycles. The van der Waals surface area contributed by atoms with Gasteiger partial charge in [-0.25, -0.2) is 4.39 Å². The van der Waals surface area contributed by atoms with Gasteiger partial charge >= 0.3 is 0 Å². The van der Waals surface area contributed by atoms with Crippen LogP contribution in [0, 0.1) is 17.1 Å². The zero-order valence-electron chi connectivity index (χ0n) is 7.66. The Kier molecular flexibility index (Phi) is 2.20. The van der Waals surface area contributed by atoms with E-state index in [9.17, 15) is 4.39 Å². The summed E-state index contributed by atoms with van der Waals surface area (Å²) >= 11 is 0. The number of nitriles is 1. The minimum Gasteiger partial charge on any atom is -0.322 e. The van der Waals surface area contributed by atoms with Crippen molar-refractivity contribution < 1.29 is 4.39 Å². The molecule has 0 radical (unpaired) electrons. The molecule has 0 aliphatic rings. The number of fused-ring (bicyclic) bond motifs is 1. The number of hydrazine groups is 1. The van der Waals surface area contributed by atoms with Crippen LogP contribution in [0.2, 0.25) is 0 Å². The lowest BCUT2D eigenvalue weighted by Gasteiger charge is -2.06. The molecule has 0 saturated heterocycles. The number of para-hydroxylation sites is 1. The van der Waals surface area contributed by atoms with Crippen LogP contribution in [0.25, 0.3) is 10.9 Å². The van der Waals surface area contributed by atoms with Gasteiger partial charge in [-0.1, -0.05) is 12.1 Å². The summed E-state index contributed by atoms with van der Waals surface area (Å²) in [5.41, 5.74) is 3.26. The number of nitrogens with zero attached hydrogens (tertiary/aromatic N) is 2. The van der Waals surface area contributed by atoms with E-state index in [0.717, 1.165) is 0 Å². The average Bonchev–Trinajstić information content (AvgIpc) is 2.28. The Morgan fingerprint density at radius 3 is 2.93 bits per heavy atom. The molecule has 15 heavy (non-hydrogen) atoms. The smallest absolute Gasteiger partial charge is 0.149 e. The third-order valence-electron chi connectivity index (χ3n) is 2.11. The van der Waals surface area contributed by atoms with Gasteiger partial charge < -0.3 is 5.43 Å². The second-order valence-corrected chi connectivity index (χ2v) is 2.94. The van der Waals surface area contributed by atoms with Gasteiger partial charge in [-0.05, 0) is 6.07 Å². The molecule has 0 aliphatic heterocycles. The van der Waals surface area contributed by atoms with Crippen LogP contribution in [0.5, 0.6) is 0 Å². The number of anilines is 1. The second-order valence-electron chi connectivity index (χ2n) is 2.94. The molecular weight excluding hydrogens is 195 g/mol. The lowest BCUT2D eigenvalue weighted by molar-refractivity contribution is 0.637. The number of halogens is 1. The van der Waals surface area contributed by atoms with Crippen LogP contribution >= 0.6 is 0 Å². The van der Waals surface area contributed by atoms with Crippen molar-refractivity contribution in [2.75, 3.05) is 5.43 Å². The van der Waals surface area contributed by atoms with E-state index < -0.39 is 5.82 Å². The largest absolute Gasteiger partial charge is 0.322 e. The standard InChI is InChI=1S/C10H7FN4/c11-8-3-1-2-7-9(15-13)6(4-12)5-14-10(7)8/h1-3,5H,13H2,(H,14,15). The Labute approximate surface area is 85.1 Å². The Bertz CT molecular complexity index is 559. The summed E-state index contributed by atoms with van der Waals surface area (Å²) in [7, 11) is 0. The van der Waals surface area contributed by atoms with Gasteiger partial charge in [-0.3, -0.25) is 10.8 Å². The summed E-state index contributed by atoms with van der Waals surface area (Å²) in [5.74, 6) is 4.85. The highest BCUT2D eigenvalue weighted by Gasteiger charge is 2.09. The molecule has 5 heteroatoms. The summed E-state index contributed by atoms with van der Waals surface area (Å²) in [4.78, 5) is 3.87. The topological polar surface area (TPSA) is 74.7 Å². The quantitative estimate of drug-likeness (QED) is 0.543. The van der Waals surface area contributed by atoms with Gasteiger partial charge in [0.1, 0.15) is 17.4 Å². The van der Waals surface area contributed by atoms with Crippen molar-refractivity contribution in [2.45, 2.75) is 0 Å². The first-order valence-corrected chi connectivity index (χ1v) is 4.22. The predicted molar refractivity (Wildman–Crippen MR) is 54.2 cm³/mol. The van der Waals surface area contributed by atoms with E-state index in [1.807, 2.05) is 6.07 Å². The maximum atomic E-state index is 13.3. The first kappa shape index (κ1) is 9.37. The minimum absolute atomic E-state index is 0.199. The first-order chi connectivity index (χ1) is 7.27. The predicted octanol–water partition coefficient (Wildman–Crippen LogP) is 1.53. The van der Waals surface area contributed by atoms with Gasteiger partial charge in [0, 0.05) is 11.6 Å². The maximum Gasteiger partial charge on any atom is 0.149 e. The second kappa shape index (κ2) is 3.52. The molecule has 0 unspecified atom stereocenters. The zero-order valence-corrected chi connectivity index (χ0v) is 7.66. The molecule has 1 aromatic carbocycles. The van der Waals surface area contributed by atoms with E-state index in [0.29, 0.717) is 11.1 Å². The monoisotopic (exact) mass is 202 g/mol. The van der Waals surface area contributed by atoms with Gasteiger partial charge in [0.25, 0.3) is 0 Å². The molecule has 0 fully saturated rings. The number of nitrogens with one attached hydrogen (secondary N) is 1. The van der Waals surface area contributed by atoms with E-state index in [-0.39, 0.29) is 11.1 Å². The number of nitrogens with two attached hydrogens (primary N) is 1. The number of pyridine rings is 1. The number of hydrogen-bond donors (Lipinski definition) is 2. The molecule has 2 aromatic rings. The fraction of sp³-hybridized carbons (Fsp3) is 0.